The summed E-state index contributed by atoms with van der Waals surface area (Å²) < 4.78 is 4.83. The first-order valence-electron chi connectivity index (χ1n) is 36.0. The van der Waals surface area contributed by atoms with E-state index in [1.54, 1.807) is 0 Å². The monoisotopic (exact) mass is 1320 g/mol. The molecule has 2 nitrogen and oxygen atoms in total. The molecule has 21 rings (SSSR count). The van der Waals surface area contributed by atoms with Crippen molar-refractivity contribution in [2.45, 2.75) is 0 Å². The fourth-order valence-electron chi connectivity index (χ4n) is 16.9. The first-order chi connectivity index (χ1) is 51.6. The number of aromatic nitrogens is 2. The zero-order valence-corrected chi connectivity index (χ0v) is 57.0. The van der Waals surface area contributed by atoms with Crippen molar-refractivity contribution < 1.29 is 0 Å². The summed E-state index contributed by atoms with van der Waals surface area (Å²) in [5, 5.41) is 20.2. The molecule has 21 aromatic rings. The van der Waals surface area contributed by atoms with E-state index in [-0.39, 0.29) is 0 Å². The van der Waals surface area contributed by atoms with Crippen LogP contribution in [-0.2, 0) is 0 Å². The van der Waals surface area contributed by atoms with Gasteiger partial charge in [0, 0.05) is 32.9 Å². The van der Waals surface area contributed by atoms with E-state index in [1.807, 2.05) is 0 Å². The van der Waals surface area contributed by atoms with E-state index in [1.165, 1.54) is 186 Å². The van der Waals surface area contributed by atoms with Crippen LogP contribution in [0, 0.1) is 0 Å². The molecule has 0 bridgehead atoms. The van der Waals surface area contributed by atoms with Crippen LogP contribution in [0.1, 0.15) is 0 Å². The number of nitrogens with zero attached hydrogens (tertiary/aromatic N) is 2. The van der Waals surface area contributed by atoms with E-state index in [0.29, 0.717) is 0 Å². The van der Waals surface area contributed by atoms with Gasteiger partial charge in [0.05, 0.1) is 22.1 Å². The van der Waals surface area contributed by atoms with Gasteiger partial charge in [0.2, 0.25) is 0 Å². The van der Waals surface area contributed by atoms with Gasteiger partial charge in [-0.25, -0.2) is 0 Å². The van der Waals surface area contributed by atoms with Crippen molar-refractivity contribution in [2.24, 2.45) is 0 Å². The molecule has 484 valence electrons. The summed E-state index contributed by atoms with van der Waals surface area (Å²) >= 11 is 0. The van der Waals surface area contributed by atoms with Crippen molar-refractivity contribution in [3.8, 4) is 89.3 Å². The molecule has 0 aliphatic rings. The second-order valence-electron chi connectivity index (χ2n) is 27.3. The van der Waals surface area contributed by atoms with Crippen molar-refractivity contribution in [2.75, 3.05) is 0 Å². The fourth-order valence-corrected chi connectivity index (χ4v) is 16.9. The first kappa shape index (κ1) is 60.3. The highest BCUT2D eigenvalue weighted by Gasteiger charge is 2.22. The minimum absolute atomic E-state index is 1.15. The number of hydrogen-bond donors (Lipinski definition) is 0. The largest absolute Gasteiger partial charge is 0.309 e. The Morgan fingerprint density at radius 2 is 0.404 bits per heavy atom. The van der Waals surface area contributed by atoms with Crippen LogP contribution in [0.2, 0.25) is 0 Å². The highest BCUT2D eigenvalue weighted by atomic mass is 15.0. The average molecular weight is 1320 g/mol. The van der Waals surface area contributed by atoms with Gasteiger partial charge in [0.15, 0.2) is 0 Å². The average Bonchev–Trinajstić information content (AvgIpc) is 1.00. The highest BCUT2D eigenvalue weighted by molar-refractivity contribution is 6.23. The van der Waals surface area contributed by atoms with Crippen molar-refractivity contribution in [1.29, 1.82) is 0 Å². The molecular formula is C102H66N2. The van der Waals surface area contributed by atoms with Crippen LogP contribution in [-0.4, -0.2) is 9.13 Å². The lowest BCUT2D eigenvalue weighted by Crippen LogP contribution is -1.95. The minimum atomic E-state index is 1.15. The predicted octanol–water partition coefficient (Wildman–Crippen LogP) is 28.2. The normalized spacial score (nSPS) is 11.7. The summed E-state index contributed by atoms with van der Waals surface area (Å²) in [6.45, 7) is 0. The zero-order chi connectivity index (χ0) is 68.6. The van der Waals surface area contributed by atoms with E-state index < -0.39 is 0 Å². The van der Waals surface area contributed by atoms with Crippen molar-refractivity contribution >= 4 is 108 Å². The molecule has 0 unspecified atom stereocenters. The van der Waals surface area contributed by atoms with Crippen LogP contribution < -0.4 is 0 Å². The summed E-state index contributed by atoms with van der Waals surface area (Å²) in [6.07, 6.45) is 0. The van der Waals surface area contributed by atoms with E-state index in [2.05, 4.69) is 410 Å². The Bertz CT molecular complexity index is 6810. The van der Waals surface area contributed by atoms with Crippen LogP contribution in [0.5, 0.6) is 0 Å². The number of fused-ring (bicyclic) bond motifs is 12. The molecule has 19 aromatic carbocycles. The quantitative estimate of drug-likeness (QED) is 0.128. The molecule has 2 heterocycles. The lowest BCUT2D eigenvalue weighted by atomic mass is 9.85. The molecule has 2 aromatic heterocycles. The van der Waals surface area contributed by atoms with Crippen molar-refractivity contribution in [3.63, 3.8) is 0 Å². The van der Waals surface area contributed by atoms with Gasteiger partial charge in [0.25, 0.3) is 0 Å². The summed E-state index contributed by atoms with van der Waals surface area (Å²) in [5.41, 5.74) is 24.6. The second kappa shape index (κ2) is 25.2. The third kappa shape index (κ3) is 10.1. The van der Waals surface area contributed by atoms with Crippen LogP contribution in [0.25, 0.3) is 198 Å². The Balaban J connectivity index is 0.000000139. The molecule has 104 heavy (non-hydrogen) atoms. The van der Waals surface area contributed by atoms with Gasteiger partial charge in [-0.3, -0.25) is 0 Å². The molecule has 0 aliphatic carbocycles. The van der Waals surface area contributed by atoms with Gasteiger partial charge in [-0.1, -0.05) is 334 Å². The lowest BCUT2D eigenvalue weighted by Gasteiger charge is -2.18. The maximum Gasteiger partial charge on any atom is 0.0541 e. The molecule has 0 saturated heterocycles. The number of para-hydroxylation sites is 2. The Morgan fingerprint density at radius 1 is 0.135 bits per heavy atom. The fraction of sp³-hybridized carbons (Fsp3) is 0. The maximum atomic E-state index is 2.42. The molecular weight excluding hydrogens is 1250 g/mol. The van der Waals surface area contributed by atoms with E-state index in [0.717, 1.165) is 11.4 Å². The summed E-state index contributed by atoms with van der Waals surface area (Å²) in [7, 11) is 0. The smallest absolute Gasteiger partial charge is 0.0541 e. The molecule has 0 aliphatic heterocycles. The highest BCUT2D eigenvalue weighted by Crippen LogP contribution is 2.48. The van der Waals surface area contributed by atoms with E-state index in [9.17, 15) is 0 Å². The van der Waals surface area contributed by atoms with Gasteiger partial charge in [0.1, 0.15) is 0 Å². The SMILES string of the molecule is c1ccc(-c2c3ccccc3c(-c3ccc(-n4c5ccccc5c5cc(-c6cccc7ccccc67)ccc54)cc3)c3ccccc23)cc1.c1ccc(-c2cccc(-c3c4ccccc4c(-c4ccc(-n5c6ccccc6c6cc(-c7cccc8ccccc78)ccc65)cc4)c4ccccc34)c2)cc1. The summed E-state index contributed by atoms with van der Waals surface area (Å²) in [5.74, 6) is 0. The number of benzene rings is 19. The summed E-state index contributed by atoms with van der Waals surface area (Å²) in [6, 6.07) is 146. The molecule has 0 saturated carbocycles. The standard InChI is InChI=1S/C54H35N.C48H31N/c1-2-14-36(15-3-1)39-18-12-19-41(34-39)54-48-24-8-6-22-46(48)53(47-23-7-9-25-49(47)54)38-28-31-42(32-29-38)55-51-27-11-10-21-45(51)50-35-40(30-33-52(50)55)44-26-13-17-37-16-4-5-20-43(37)44;1-2-14-33(15-3-1)47-40-19-6-8-21-42(40)48(43-22-9-7-20-41(43)47)34-25-28-36(29-26-34)49-45-24-11-10-18-39(45)44-31-35(27-30-46(44)49)38-23-12-16-32-13-4-5-17-37(32)38/h1-35H;1-31H. The third-order valence-electron chi connectivity index (χ3n) is 21.6. The Hall–Kier alpha value is -13.7. The van der Waals surface area contributed by atoms with Gasteiger partial charge < -0.3 is 9.13 Å². The van der Waals surface area contributed by atoms with Gasteiger partial charge >= 0.3 is 0 Å². The molecule has 0 radical (unpaired) electrons. The van der Waals surface area contributed by atoms with Gasteiger partial charge in [-0.15, -0.1) is 0 Å². The topological polar surface area (TPSA) is 9.86 Å². The molecule has 0 spiro atoms. The van der Waals surface area contributed by atoms with Crippen LogP contribution >= 0.6 is 0 Å². The van der Waals surface area contributed by atoms with Gasteiger partial charge in [-0.05, 0) is 209 Å². The lowest BCUT2D eigenvalue weighted by molar-refractivity contribution is 1.18. The Kier molecular flexibility index (Phi) is 14.6. The Morgan fingerprint density at radius 3 is 0.808 bits per heavy atom. The van der Waals surface area contributed by atoms with Crippen LogP contribution in [0.4, 0.5) is 0 Å². The number of hydrogen-bond acceptors (Lipinski definition) is 0. The molecule has 0 atom stereocenters. The summed E-state index contributed by atoms with van der Waals surface area (Å²) in [4.78, 5) is 0. The van der Waals surface area contributed by atoms with Crippen molar-refractivity contribution in [1.82, 2.24) is 9.13 Å². The van der Waals surface area contributed by atoms with Crippen LogP contribution in [0.15, 0.2) is 400 Å². The second-order valence-corrected chi connectivity index (χ2v) is 27.3. The zero-order valence-electron chi connectivity index (χ0n) is 57.0. The van der Waals surface area contributed by atoms with E-state index in [4.69, 9.17) is 0 Å². The molecule has 0 amide bonds. The number of rotatable bonds is 9. The van der Waals surface area contributed by atoms with Crippen LogP contribution in [0.3, 0.4) is 0 Å². The third-order valence-corrected chi connectivity index (χ3v) is 21.6. The molecule has 0 fully saturated rings. The minimum Gasteiger partial charge on any atom is -0.309 e. The maximum absolute atomic E-state index is 2.42. The van der Waals surface area contributed by atoms with E-state index >= 15 is 0 Å². The molecule has 2 heteroatoms. The molecule has 0 N–H and O–H groups in total. The first-order valence-corrected chi connectivity index (χ1v) is 36.0. The Labute approximate surface area is 603 Å². The predicted molar refractivity (Wildman–Crippen MR) is 445 cm³/mol. The van der Waals surface area contributed by atoms with Crippen molar-refractivity contribution in [3.05, 3.63) is 400 Å². The van der Waals surface area contributed by atoms with Gasteiger partial charge in [-0.2, -0.15) is 0 Å².